The van der Waals surface area contributed by atoms with Crippen LogP contribution in [0.4, 0.5) is 18.9 Å². The Hall–Kier alpha value is -1.61. The second-order valence-corrected chi connectivity index (χ2v) is 13.5. The van der Waals surface area contributed by atoms with Crippen molar-refractivity contribution in [2.24, 2.45) is 7.05 Å². The Morgan fingerprint density at radius 3 is 2.62 bits per heavy atom. The van der Waals surface area contributed by atoms with E-state index in [1.807, 2.05) is 5.38 Å². The first-order valence-corrected chi connectivity index (χ1v) is 12.0. The summed E-state index contributed by atoms with van der Waals surface area (Å²) in [5.41, 5.74) is -1.05. The zero-order chi connectivity index (χ0) is 18.1. The number of halogens is 3. The molecule has 0 fully saturated rings. The molecule has 1 amide bonds. The lowest BCUT2D eigenvalue weighted by molar-refractivity contribution is -0.141. The van der Waals surface area contributed by atoms with Gasteiger partial charge in [-0.1, -0.05) is 25.7 Å². The first kappa shape index (κ1) is 18.7. The number of aryl methyl sites for hydroxylation is 2. The van der Waals surface area contributed by atoms with Crippen LogP contribution < -0.4 is 5.32 Å². The van der Waals surface area contributed by atoms with E-state index in [2.05, 4.69) is 30.1 Å². The Morgan fingerprint density at radius 1 is 1.38 bits per heavy atom. The van der Waals surface area contributed by atoms with Gasteiger partial charge in [-0.2, -0.15) is 18.3 Å². The van der Waals surface area contributed by atoms with Gasteiger partial charge in [-0.25, -0.2) is 0 Å². The summed E-state index contributed by atoms with van der Waals surface area (Å²) in [6.07, 6.45) is -2.75. The van der Waals surface area contributed by atoms with Crippen LogP contribution in [0.3, 0.4) is 0 Å². The number of amides is 1. The number of hydrogen-bond acceptors (Lipinski definition) is 3. The summed E-state index contributed by atoms with van der Waals surface area (Å²) in [7, 11) is 0.118. The normalized spacial score (nSPS) is 12.5. The van der Waals surface area contributed by atoms with E-state index in [0.29, 0.717) is 5.69 Å². The van der Waals surface area contributed by atoms with Crippen molar-refractivity contribution in [2.45, 2.75) is 38.3 Å². The van der Waals surface area contributed by atoms with Gasteiger partial charge in [0.15, 0.2) is 5.69 Å². The number of aromatic nitrogens is 2. The predicted molar refractivity (Wildman–Crippen MR) is 92.3 cm³/mol. The van der Waals surface area contributed by atoms with Crippen molar-refractivity contribution < 1.29 is 18.0 Å². The Morgan fingerprint density at radius 2 is 2.04 bits per heavy atom. The number of nitrogens with one attached hydrogen (secondary N) is 1. The van der Waals surface area contributed by atoms with Crippen LogP contribution >= 0.6 is 11.3 Å². The van der Waals surface area contributed by atoms with Gasteiger partial charge in [0.25, 0.3) is 5.91 Å². The van der Waals surface area contributed by atoms with Gasteiger partial charge >= 0.3 is 6.18 Å². The number of carbonyl (C=O) groups excluding carboxylic acids is 1. The van der Waals surface area contributed by atoms with E-state index in [1.165, 1.54) is 18.4 Å². The van der Waals surface area contributed by atoms with E-state index in [1.54, 1.807) is 6.07 Å². The maximum absolute atomic E-state index is 13.0. The molecule has 4 nitrogen and oxygen atoms in total. The Balaban J connectivity index is 2.19. The summed E-state index contributed by atoms with van der Waals surface area (Å²) in [6.45, 7) is 6.76. The molecule has 24 heavy (non-hydrogen) atoms. The van der Waals surface area contributed by atoms with Gasteiger partial charge in [-0.15, -0.1) is 11.3 Å². The maximum atomic E-state index is 13.0. The lowest BCUT2D eigenvalue weighted by atomic mass is 10.2. The fourth-order valence-electron chi connectivity index (χ4n) is 2.19. The third kappa shape index (κ3) is 4.70. The standard InChI is InChI=1S/C15H20F3N3OSSi/c1-21-9-10(13(20-21)15(16,17)18)14(22)19-11-5-7-23-12(11)6-8-24(2,3)4/h5,7,9H,6,8H2,1-4H3,(H,19,22). The van der Waals surface area contributed by atoms with Crippen molar-refractivity contribution in [3.63, 3.8) is 0 Å². The monoisotopic (exact) mass is 375 g/mol. The van der Waals surface area contributed by atoms with Gasteiger partial charge in [0.2, 0.25) is 0 Å². The molecule has 2 aromatic rings. The molecule has 2 aromatic heterocycles. The van der Waals surface area contributed by atoms with Crippen molar-refractivity contribution in [3.05, 3.63) is 33.8 Å². The van der Waals surface area contributed by atoms with Gasteiger partial charge in [0, 0.05) is 26.2 Å². The van der Waals surface area contributed by atoms with E-state index < -0.39 is 31.4 Å². The molecular formula is C15H20F3N3OSSi. The molecule has 0 unspecified atom stereocenters. The Bertz CT molecular complexity index is 731. The second-order valence-electron chi connectivity index (χ2n) is 6.84. The molecule has 0 saturated carbocycles. The van der Waals surface area contributed by atoms with Crippen LogP contribution in [0.2, 0.25) is 25.7 Å². The fourth-order valence-corrected chi connectivity index (χ4v) is 4.20. The highest BCUT2D eigenvalue weighted by Crippen LogP contribution is 2.32. The Labute approximate surface area is 143 Å². The summed E-state index contributed by atoms with van der Waals surface area (Å²) in [4.78, 5) is 13.3. The van der Waals surface area contributed by atoms with Gasteiger partial charge in [0.1, 0.15) is 0 Å². The molecule has 0 aliphatic carbocycles. The summed E-state index contributed by atoms with van der Waals surface area (Å²) >= 11 is 1.51. The highest BCUT2D eigenvalue weighted by Gasteiger charge is 2.39. The van der Waals surface area contributed by atoms with E-state index in [9.17, 15) is 18.0 Å². The zero-order valence-corrected chi connectivity index (χ0v) is 15.8. The topological polar surface area (TPSA) is 46.9 Å². The molecule has 0 atom stereocenters. The number of alkyl halides is 3. The van der Waals surface area contributed by atoms with Crippen LogP contribution in [0, 0.1) is 0 Å². The molecule has 9 heteroatoms. The first-order valence-electron chi connectivity index (χ1n) is 7.46. The number of thiophene rings is 1. The third-order valence-electron chi connectivity index (χ3n) is 3.44. The molecule has 0 aliphatic rings. The summed E-state index contributed by atoms with van der Waals surface area (Å²) in [5.74, 6) is -0.789. The molecule has 0 saturated heterocycles. The van der Waals surface area contributed by atoms with E-state index in [-0.39, 0.29) is 0 Å². The zero-order valence-electron chi connectivity index (χ0n) is 14.0. The van der Waals surface area contributed by atoms with Crippen LogP contribution in [-0.2, 0) is 19.6 Å². The smallest absolute Gasteiger partial charge is 0.321 e. The number of hydrogen-bond donors (Lipinski definition) is 1. The first-order chi connectivity index (χ1) is 11.0. The second kappa shape index (κ2) is 6.71. The molecule has 2 heterocycles. The predicted octanol–water partition coefficient (Wildman–Crippen LogP) is 4.63. The SMILES string of the molecule is Cn1cc(C(=O)Nc2ccsc2CC[Si](C)(C)C)c(C(F)(F)F)n1. The van der Waals surface area contributed by atoms with E-state index >= 15 is 0 Å². The third-order valence-corrected chi connectivity index (χ3v) is 6.17. The largest absolute Gasteiger partial charge is 0.435 e. The van der Waals surface area contributed by atoms with Crippen LogP contribution in [0.1, 0.15) is 20.9 Å². The molecule has 0 spiro atoms. The average molecular weight is 375 g/mol. The lowest BCUT2D eigenvalue weighted by Gasteiger charge is -2.15. The summed E-state index contributed by atoms with van der Waals surface area (Å²) in [6, 6.07) is 2.78. The molecular weight excluding hydrogens is 355 g/mol. The van der Waals surface area contributed by atoms with E-state index in [4.69, 9.17) is 0 Å². The highest BCUT2D eigenvalue weighted by molar-refractivity contribution is 7.10. The molecule has 0 aliphatic heterocycles. The molecule has 2 rings (SSSR count). The molecule has 132 valence electrons. The van der Waals surface area contributed by atoms with Gasteiger partial charge < -0.3 is 5.32 Å². The lowest BCUT2D eigenvalue weighted by Crippen LogP contribution is -2.20. The summed E-state index contributed by atoms with van der Waals surface area (Å²) in [5, 5.41) is 7.80. The maximum Gasteiger partial charge on any atom is 0.435 e. The molecule has 1 N–H and O–H groups in total. The molecule has 0 bridgehead atoms. The van der Waals surface area contributed by atoms with Gasteiger partial charge in [0.05, 0.1) is 11.3 Å². The van der Waals surface area contributed by atoms with Crippen LogP contribution in [0.5, 0.6) is 0 Å². The van der Waals surface area contributed by atoms with Gasteiger partial charge in [-0.05, 0) is 17.9 Å². The van der Waals surface area contributed by atoms with Crippen LogP contribution in [0.15, 0.2) is 17.6 Å². The fraction of sp³-hybridized carbons (Fsp3) is 0.467. The molecule has 0 radical (unpaired) electrons. The molecule has 0 aromatic carbocycles. The number of nitrogens with zero attached hydrogens (tertiary/aromatic N) is 2. The summed E-state index contributed by atoms with van der Waals surface area (Å²) < 4.78 is 39.9. The van der Waals surface area contributed by atoms with Gasteiger partial charge in [-0.3, -0.25) is 9.48 Å². The van der Waals surface area contributed by atoms with Crippen molar-refractivity contribution in [2.75, 3.05) is 5.32 Å². The minimum Gasteiger partial charge on any atom is -0.321 e. The number of rotatable bonds is 5. The van der Waals surface area contributed by atoms with Crippen LogP contribution in [0.25, 0.3) is 0 Å². The minimum atomic E-state index is -4.66. The van der Waals surface area contributed by atoms with Crippen molar-refractivity contribution in [1.29, 1.82) is 0 Å². The van der Waals surface area contributed by atoms with Crippen molar-refractivity contribution in [3.8, 4) is 0 Å². The quantitative estimate of drug-likeness (QED) is 0.774. The Kier molecular flexibility index (Phi) is 5.24. The average Bonchev–Trinajstić information content (AvgIpc) is 3.01. The number of carbonyl (C=O) groups is 1. The van der Waals surface area contributed by atoms with E-state index in [0.717, 1.165) is 28.2 Å². The van der Waals surface area contributed by atoms with Crippen LogP contribution in [-0.4, -0.2) is 23.8 Å². The van der Waals surface area contributed by atoms with Crippen molar-refractivity contribution in [1.82, 2.24) is 9.78 Å². The van der Waals surface area contributed by atoms with Crippen molar-refractivity contribution >= 4 is 31.0 Å². The minimum absolute atomic E-state index is 0.465. The number of anilines is 1. The highest BCUT2D eigenvalue weighted by atomic mass is 32.1.